The molecular weight excluding hydrogens is 274 g/mol. The van der Waals surface area contributed by atoms with Gasteiger partial charge < -0.3 is 9.84 Å². The van der Waals surface area contributed by atoms with Crippen LogP contribution in [0.5, 0.6) is 0 Å². The van der Waals surface area contributed by atoms with E-state index in [4.69, 9.17) is 5.11 Å². The quantitative estimate of drug-likeness (QED) is 0.711. The van der Waals surface area contributed by atoms with Crippen molar-refractivity contribution in [2.24, 2.45) is 0 Å². The number of carboxylic acids is 1. The molecule has 0 spiro atoms. The van der Waals surface area contributed by atoms with Crippen LogP contribution in [0.25, 0.3) is 0 Å². The molecule has 2 N–H and O–H groups in total. The first-order valence-electron chi connectivity index (χ1n) is 5.20. The number of carbonyl (C=O) groups is 2. The summed E-state index contributed by atoms with van der Waals surface area (Å²) in [6.07, 6.45) is 0. The summed E-state index contributed by atoms with van der Waals surface area (Å²) >= 11 is 0. The summed E-state index contributed by atoms with van der Waals surface area (Å²) in [7, 11) is -2.54. The van der Waals surface area contributed by atoms with E-state index in [1.165, 1.54) is 31.4 Å². The maximum atomic E-state index is 11.6. The third-order valence-corrected chi connectivity index (χ3v) is 3.45. The smallest absolute Gasteiger partial charge is 0.337 e. The number of hydrogen-bond acceptors (Lipinski definition) is 5. The van der Waals surface area contributed by atoms with Crippen LogP contribution < -0.4 is 4.72 Å². The highest BCUT2D eigenvalue weighted by Crippen LogP contribution is 2.09. The highest BCUT2D eigenvalue weighted by Gasteiger charge is 2.14. The molecule has 0 saturated carbocycles. The fourth-order valence-corrected chi connectivity index (χ4v) is 2.41. The zero-order valence-corrected chi connectivity index (χ0v) is 10.9. The molecule has 1 aromatic carbocycles. The Labute approximate surface area is 110 Å². The minimum absolute atomic E-state index is 0.230. The fraction of sp³-hybridized carbons (Fsp3) is 0.273. The van der Waals surface area contributed by atoms with Crippen molar-refractivity contribution in [2.75, 3.05) is 13.7 Å². The fourth-order valence-electron chi connectivity index (χ4n) is 1.35. The van der Waals surface area contributed by atoms with Crippen molar-refractivity contribution < 1.29 is 27.9 Å². The van der Waals surface area contributed by atoms with Crippen LogP contribution in [-0.4, -0.2) is 39.1 Å². The average molecular weight is 287 g/mol. The van der Waals surface area contributed by atoms with E-state index < -0.39 is 34.3 Å². The Hall–Kier alpha value is -1.93. The Morgan fingerprint density at radius 3 is 2.63 bits per heavy atom. The first kappa shape index (κ1) is 15.1. The Balaban J connectivity index is 2.82. The Bertz CT molecular complexity index is 581. The van der Waals surface area contributed by atoms with Crippen molar-refractivity contribution >= 4 is 22.0 Å². The van der Waals surface area contributed by atoms with Crippen molar-refractivity contribution in [3.05, 3.63) is 35.4 Å². The largest absolute Gasteiger partial charge is 0.480 e. The molecule has 0 radical (unpaired) electrons. The number of hydrogen-bond donors (Lipinski definition) is 2. The number of esters is 1. The number of rotatable bonds is 6. The summed E-state index contributed by atoms with van der Waals surface area (Å²) in [6.45, 7) is -0.682. The van der Waals surface area contributed by atoms with Crippen LogP contribution >= 0.6 is 0 Å². The standard InChI is InChI=1S/C11H13NO6S/c1-18-11(15)9-4-2-3-8(5-9)7-19(16,17)12-6-10(13)14/h2-5,12H,6-7H2,1H3,(H,13,14). The molecular formula is C11H13NO6S. The van der Waals surface area contributed by atoms with Crippen LogP contribution in [0, 0.1) is 0 Å². The summed E-state index contributed by atoms with van der Waals surface area (Å²) < 4.78 is 29.6. The Morgan fingerprint density at radius 1 is 1.37 bits per heavy atom. The number of carboxylic acid groups (broad SMARTS) is 1. The van der Waals surface area contributed by atoms with Gasteiger partial charge in [-0.15, -0.1) is 0 Å². The second kappa shape index (κ2) is 6.30. The number of ether oxygens (including phenoxy) is 1. The predicted molar refractivity (Wildman–Crippen MR) is 66.0 cm³/mol. The second-order valence-electron chi connectivity index (χ2n) is 3.67. The number of carbonyl (C=O) groups excluding carboxylic acids is 1. The molecule has 0 aliphatic heterocycles. The molecule has 1 aromatic rings. The van der Waals surface area contributed by atoms with Gasteiger partial charge in [0.05, 0.1) is 18.4 Å². The molecule has 0 saturated heterocycles. The number of nitrogens with one attached hydrogen (secondary N) is 1. The van der Waals surface area contributed by atoms with Crippen LogP contribution in [0.2, 0.25) is 0 Å². The topological polar surface area (TPSA) is 110 Å². The van der Waals surface area contributed by atoms with Crippen LogP contribution in [0.15, 0.2) is 24.3 Å². The highest BCUT2D eigenvalue weighted by atomic mass is 32.2. The molecule has 7 nitrogen and oxygen atoms in total. The van der Waals surface area contributed by atoms with Crippen molar-refractivity contribution in [1.29, 1.82) is 0 Å². The lowest BCUT2D eigenvalue weighted by Gasteiger charge is -2.06. The molecule has 19 heavy (non-hydrogen) atoms. The van der Waals surface area contributed by atoms with Crippen LogP contribution in [0.1, 0.15) is 15.9 Å². The van der Waals surface area contributed by atoms with E-state index in [0.29, 0.717) is 5.56 Å². The molecule has 0 aromatic heterocycles. The van der Waals surface area contributed by atoms with E-state index in [1.54, 1.807) is 0 Å². The number of aliphatic carboxylic acids is 1. The maximum Gasteiger partial charge on any atom is 0.337 e. The van der Waals surface area contributed by atoms with E-state index in [0.717, 1.165) is 0 Å². The second-order valence-corrected chi connectivity index (χ2v) is 5.47. The molecule has 0 bridgehead atoms. The van der Waals surface area contributed by atoms with Gasteiger partial charge in [-0.25, -0.2) is 17.9 Å². The van der Waals surface area contributed by atoms with E-state index in [9.17, 15) is 18.0 Å². The van der Waals surface area contributed by atoms with E-state index in [-0.39, 0.29) is 5.56 Å². The third kappa shape index (κ3) is 5.06. The van der Waals surface area contributed by atoms with Gasteiger partial charge in [0, 0.05) is 0 Å². The van der Waals surface area contributed by atoms with Gasteiger partial charge in [0.25, 0.3) is 0 Å². The Morgan fingerprint density at radius 2 is 2.05 bits per heavy atom. The first-order chi connectivity index (χ1) is 8.84. The van der Waals surface area contributed by atoms with Crippen molar-refractivity contribution in [1.82, 2.24) is 4.72 Å². The molecule has 0 unspecified atom stereocenters. The molecule has 0 aliphatic rings. The van der Waals surface area contributed by atoms with Crippen LogP contribution in [0.3, 0.4) is 0 Å². The lowest BCUT2D eigenvalue weighted by molar-refractivity contribution is -0.135. The molecule has 0 heterocycles. The van der Waals surface area contributed by atoms with Crippen molar-refractivity contribution in [3.8, 4) is 0 Å². The predicted octanol–water partition coefficient (Wildman–Crippen LogP) is -0.0228. The molecule has 0 aliphatic carbocycles. The van der Waals surface area contributed by atoms with E-state index in [2.05, 4.69) is 4.74 Å². The molecule has 1 rings (SSSR count). The molecule has 0 atom stereocenters. The highest BCUT2D eigenvalue weighted by molar-refractivity contribution is 7.88. The summed E-state index contributed by atoms with van der Waals surface area (Å²) in [5.74, 6) is -2.25. The minimum Gasteiger partial charge on any atom is -0.480 e. The van der Waals surface area contributed by atoms with Gasteiger partial charge in [0.1, 0.15) is 6.54 Å². The van der Waals surface area contributed by atoms with Gasteiger partial charge in [-0.1, -0.05) is 12.1 Å². The van der Waals surface area contributed by atoms with Gasteiger partial charge in [-0.2, -0.15) is 0 Å². The minimum atomic E-state index is -3.76. The van der Waals surface area contributed by atoms with Gasteiger partial charge in [0.15, 0.2) is 0 Å². The van der Waals surface area contributed by atoms with Crippen molar-refractivity contribution in [2.45, 2.75) is 5.75 Å². The summed E-state index contributed by atoms with van der Waals surface area (Å²) in [5.41, 5.74) is 0.592. The van der Waals surface area contributed by atoms with Crippen LogP contribution in [0.4, 0.5) is 0 Å². The van der Waals surface area contributed by atoms with Gasteiger partial charge >= 0.3 is 11.9 Å². The van der Waals surface area contributed by atoms with Gasteiger partial charge in [0.2, 0.25) is 10.0 Å². The van der Waals surface area contributed by atoms with Gasteiger partial charge in [-0.05, 0) is 17.7 Å². The first-order valence-corrected chi connectivity index (χ1v) is 6.85. The lowest BCUT2D eigenvalue weighted by Crippen LogP contribution is -2.30. The number of sulfonamides is 1. The Kier molecular flexibility index (Phi) is 5.02. The van der Waals surface area contributed by atoms with Crippen molar-refractivity contribution in [3.63, 3.8) is 0 Å². The molecule has 0 fully saturated rings. The monoisotopic (exact) mass is 287 g/mol. The third-order valence-electron chi connectivity index (χ3n) is 2.15. The molecule has 0 amide bonds. The SMILES string of the molecule is COC(=O)c1cccc(CS(=O)(=O)NCC(=O)O)c1. The van der Waals surface area contributed by atoms with Crippen LogP contribution in [-0.2, 0) is 25.3 Å². The summed E-state index contributed by atoms with van der Waals surface area (Å²) in [5, 5.41) is 8.40. The van der Waals surface area contributed by atoms with Gasteiger partial charge in [-0.3, -0.25) is 4.79 Å². The molecule has 104 valence electrons. The number of benzene rings is 1. The maximum absolute atomic E-state index is 11.6. The normalized spacial score (nSPS) is 11.0. The van der Waals surface area contributed by atoms with E-state index in [1.807, 2.05) is 4.72 Å². The summed E-state index contributed by atoms with van der Waals surface area (Å²) in [4.78, 5) is 21.6. The molecule has 8 heteroatoms. The zero-order chi connectivity index (χ0) is 14.5. The number of methoxy groups -OCH3 is 1. The lowest BCUT2D eigenvalue weighted by atomic mass is 10.1. The summed E-state index contributed by atoms with van der Waals surface area (Å²) in [6, 6.07) is 5.92. The average Bonchev–Trinajstić information content (AvgIpc) is 2.35. The van der Waals surface area contributed by atoms with E-state index >= 15 is 0 Å². The zero-order valence-electron chi connectivity index (χ0n) is 10.1.